The van der Waals surface area contributed by atoms with E-state index in [4.69, 9.17) is 4.74 Å². The molecule has 1 N–H and O–H groups in total. The molecule has 1 unspecified atom stereocenters. The molecule has 3 aliphatic rings. The van der Waals surface area contributed by atoms with Crippen LogP contribution in [-0.4, -0.2) is 51.5 Å². The van der Waals surface area contributed by atoms with Gasteiger partial charge in [0.2, 0.25) is 5.43 Å². The smallest absolute Gasteiger partial charge is 0.275 e. The van der Waals surface area contributed by atoms with Gasteiger partial charge in [0.15, 0.2) is 11.4 Å². The SMILES string of the molecule is O=C(NCc1ccc(F)cc1F)c1cn2c(c(OCc3ccccc3)c1=O)C(=O)N1CC3CCCN3[C@@H]1C2. The van der Waals surface area contributed by atoms with Gasteiger partial charge in [-0.25, -0.2) is 8.78 Å². The first-order chi connectivity index (χ1) is 18.4. The van der Waals surface area contributed by atoms with Crippen molar-refractivity contribution < 1.29 is 23.1 Å². The van der Waals surface area contributed by atoms with E-state index >= 15 is 0 Å². The molecule has 3 aliphatic heterocycles. The Morgan fingerprint density at radius 3 is 2.68 bits per heavy atom. The van der Waals surface area contributed by atoms with Crippen LogP contribution in [0.4, 0.5) is 8.78 Å². The van der Waals surface area contributed by atoms with Crippen LogP contribution in [0.5, 0.6) is 5.75 Å². The molecule has 196 valence electrons. The van der Waals surface area contributed by atoms with Gasteiger partial charge in [0.05, 0.1) is 6.54 Å². The number of amides is 2. The molecule has 6 rings (SSSR count). The zero-order valence-corrected chi connectivity index (χ0v) is 20.5. The number of halogens is 2. The summed E-state index contributed by atoms with van der Waals surface area (Å²) >= 11 is 0. The van der Waals surface area contributed by atoms with E-state index in [1.165, 1.54) is 12.3 Å². The van der Waals surface area contributed by atoms with Gasteiger partial charge in [-0.15, -0.1) is 0 Å². The van der Waals surface area contributed by atoms with Crippen molar-refractivity contribution in [3.05, 3.63) is 99.0 Å². The van der Waals surface area contributed by atoms with Crippen molar-refractivity contribution in [3.8, 4) is 5.75 Å². The number of fused-ring (bicyclic) bond motifs is 4. The first-order valence-electron chi connectivity index (χ1n) is 12.6. The molecule has 8 nitrogen and oxygen atoms in total. The maximum absolute atomic E-state index is 14.1. The second kappa shape index (κ2) is 9.68. The molecule has 0 saturated carbocycles. The molecular weight excluding hydrogens is 494 g/mol. The van der Waals surface area contributed by atoms with Crippen molar-refractivity contribution in [3.63, 3.8) is 0 Å². The third-order valence-electron chi connectivity index (χ3n) is 7.56. The molecule has 1 aromatic heterocycles. The zero-order chi connectivity index (χ0) is 26.4. The van der Waals surface area contributed by atoms with E-state index in [1.807, 2.05) is 30.3 Å². The molecular formula is C28H26F2N4O4. The summed E-state index contributed by atoms with van der Waals surface area (Å²) in [5.41, 5.74) is 0.0854. The molecule has 38 heavy (non-hydrogen) atoms. The van der Waals surface area contributed by atoms with Crippen molar-refractivity contribution in [2.24, 2.45) is 0 Å². The van der Waals surface area contributed by atoms with Crippen molar-refractivity contribution >= 4 is 11.8 Å². The van der Waals surface area contributed by atoms with E-state index in [-0.39, 0.29) is 53.8 Å². The van der Waals surface area contributed by atoms with Crippen LogP contribution in [0.25, 0.3) is 0 Å². The van der Waals surface area contributed by atoms with Crippen LogP contribution < -0.4 is 15.5 Å². The van der Waals surface area contributed by atoms with E-state index in [1.54, 1.807) is 9.47 Å². The van der Waals surface area contributed by atoms with Crippen molar-refractivity contribution in [1.82, 2.24) is 19.7 Å². The Morgan fingerprint density at radius 2 is 1.89 bits per heavy atom. The van der Waals surface area contributed by atoms with E-state index in [0.717, 1.165) is 37.1 Å². The van der Waals surface area contributed by atoms with Crippen LogP contribution in [0, 0.1) is 11.6 Å². The van der Waals surface area contributed by atoms with Gasteiger partial charge in [0.25, 0.3) is 11.8 Å². The van der Waals surface area contributed by atoms with Gasteiger partial charge in [-0.1, -0.05) is 36.4 Å². The lowest BCUT2D eigenvalue weighted by Crippen LogP contribution is -2.50. The third-order valence-corrected chi connectivity index (χ3v) is 7.56. The average molecular weight is 521 g/mol. The lowest BCUT2D eigenvalue weighted by atomic mass is 10.1. The highest BCUT2D eigenvalue weighted by atomic mass is 19.1. The van der Waals surface area contributed by atoms with E-state index < -0.39 is 23.0 Å². The molecule has 2 fully saturated rings. The molecule has 3 aromatic rings. The minimum Gasteiger partial charge on any atom is -0.483 e. The van der Waals surface area contributed by atoms with Crippen molar-refractivity contribution in [2.45, 2.75) is 44.7 Å². The minimum atomic E-state index is -0.800. The highest BCUT2D eigenvalue weighted by Crippen LogP contribution is 2.35. The Hall–Kier alpha value is -4.05. The van der Waals surface area contributed by atoms with E-state index in [9.17, 15) is 23.2 Å². The molecule has 4 heterocycles. The first kappa shape index (κ1) is 24.3. The van der Waals surface area contributed by atoms with Crippen LogP contribution >= 0.6 is 0 Å². The summed E-state index contributed by atoms with van der Waals surface area (Å²) in [6.45, 7) is 1.69. The van der Waals surface area contributed by atoms with Gasteiger partial charge < -0.3 is 19.5 Å². The Kier molecular flexibility index (Phi) is 6.19. The fraction of sp³-hybridized carbons (Fsp3) is 0.321. The van der Waals surface area contributed by atoms with Crippen LogP contribution in [-0.2, 0) is 19.7 Å². The van der Waals surface area contributed by atoms with Gasteiger partial charge >= 0.3 is 0 Å². The highest BCUT2D eigenvalue weighted by Gasteiger charge is 2.48. The Balaban J connectivity index is 1.35. The molecule has 10 heteroatoms. The third kappa shape index (κ3) is 4.24. The second-order valence-electron chi connectivity index (χ2n) is 9.87. The Bertz CT molecular complexity index is 1480. The molecule has 2 amide bonds. The summed E-state index contributed by atoms with van der Waals surface area (Å²) in [5.74, 6) is -2.73. The summed E-state index contributed by atoms with van der Waals surface area (Å²) in [6.07, 6.45) is 3.32. The monoisotopic (exact) mass is 520 g/mol. The summed E-state index contributed by atoms with van der Waals surface area (Å²) in [5, 5.41) is 2.54. The second-order valence-corrected chi connectivity index (χ2v) is 9.87. The predicted molar refractivity (Wildman–Crippen MR) is 134 cm³/mol. The van der Waals surface area contributed by atoms with Gasteiger partial charge in [-0.05, 0) is 24.5 Å². The number of hydrogen-bond acceptors (Lipinski definition) is 5. The van der Waals surface area contributed by atoms with Gasteiger partial charge in [-0.2, -0.15) is 0 Å². The average Bonchev–Trinajstić information content (AvgIpc) is 3.51. The topological polar surface area (TPSA) is 83.9 Å². The summed E-state index contributed by atoms with van der Waals surface area (Å²) in [7, 11) is 0. The molecule has 0 spiro atoms. The highest BCUT2D eigenvalue weighted by molar-refractivity contribution is 5.99. The first-order valence-corrected chi connectivity index (χ1v) is 12.6. The summed E-state index contributed by atoms with van der Waals surface area (Å²) < 4.78 is 34.9. The van der Waals surface area contributed by atoms with E-state index in [2.05, 4.69) is 10.2 Å². The number of carbonyl (C=O) groups is 2. The standard InChI is InChI=1S/C28H26F2N4O4/c29-19-9-8-18(22(30)11-19)12-31-27(36)21-14-32-15-23-33-10-4-7-20(33)13-34(23)28(37)24(32)26(25(21)35)38-16-17-5-2-1-3-6-17/h1-3,5-6,8-9,11,14,20,23H,4,7,10,12-13,15-16H2,(H,31,36)/t20?,23-/m0/s1. The predicted octanol–water partition coefficient (Wildman–Crippen LogP) is 2.90. The van der Waals surface area contributed by atoms with Crippen molar-refractivity contribution in [1.29, 1.82) is 0 Å². The molecule has 2 atom stereocenters. The fourth-order valence-corrected chi connectivity index (χ4v) is 5.67. The Morgan fingerprint density at radius 1 is 1.08 bits per heavy atom. The van der Waals surface area contributed by atoms with Crippen LogP contribution in [0.15, 0.2) is 59.5 Å². The number of ether oxygens (including phenoxy) is 1. The molecule has 0 bridgehead atoms. The largest absolute Gasteiger partial charge is 0.483 e. The van der Waals surface area contributed by atoms with Crippen LogP contribution in [0.3, 0.4) is 0 Å². The summed E-state index contributed by atoms with van der Waals surface area (Å²) in [6, 6.07) is 12.6. The van der Waals surface area contributed by atoms with Crippen LogP contribution in [0.2, 0.25) is 0 Å². The lowest BCUT2D eigenvalue weighted by molar-refractivity contribution is 0.0510. The molecule has 0 radical (unpaired) electrons. The number of carbonyl (C=O) groups excluding carboxylic acids is 2. The lowest BCUT2D eigenvalue weighted by Gasteiger charge is -2.36. The van der Waals surface area contributed by atoms with E-state index in [0.29, 0.717) is 13.1 Å². The number of aromatic nitrogens is 1. The minimum absolute atomic E-state index is 0.0421. The number of pyridine rings is 1. The molecule has 0 aliphatic carbocycles. The number of nitrogens with one attached hydrogen (secondary N) is 1. The molecule has 2 saturated heterocycles. The maximum Gasteiger partial charge on any atom is 0.275 e. The maximum atomic E-state index is 14.1. The van der Waals surface area contributed by atoms with Crippen LogP contribution in [0.1, 0.15) is 44.8 Å². The quantitative estimate of drug-likeness (QED) is 0.541. The molecule has 2 aromatic carbocycles. The zero-order valence-electron chi connectivity index (χ0n) is 20.5. The Labute approximate surface area is 217 Å². The number of benzene rings is 2. The van der Waals surface area contributed by atoms with Crippen molar-refractivity contribution in [2.75, 3.05) is 13.1 Å². The number of hydrogen-bond donors (Lipinski definition) is 1. The van der Waals surface area contributed by atoms with Gasteiger partial charge in [-0.3, -0.25) is 19.3 Å². The normalized spacial score (nSPS) is 20.2. The number of rotatable bonds is 6. The number of nitrogens with zero attached hydrogens (tertiary/aromatic N) is 3. The van der Waals surface area contributed by atoms with Gasteiger partial charge in [0, 0.05) is 43.5 Å². The van der Waals surface area contributed by atoms with Gasteiger partial charge in [0.1, 0.15) is 30.0 Å². The fourth-order valence-electron chi connectivity index (χ4n) is 5.67. The summed E-state index contributed by atoms with van der Waals surface area (Å²) in [4.78, 5) is 44.5.